The summed E-state index contributed by atoms with van der Waals surface area (Å²) in [6.07, 6.45) is 3.42. The van der Waals surface area contributed by atoms with Crippen LogP contribution in [0.25, 0.3) is 0 Å². The first-order valence-electron chi connectivity index (χ1n) is 8.87. The van der Waals surface area contributed by atoms with E-state index < -0.39 is 0 Å². The van der Waals surface area contributed by atoms with E-state index in [0.717, 1.165) is 48.4 Å². The minimum absolute atomic E-state index is 0.553. The van der Waals surface area contributed by atoms with Crippen LogP contribution in [0, 0.1) is 0 Å². The number of guanidine groups is 1. The molecule has 2 heterocycles. The van der Waals surface area contributed by atoms with Gasteiger partial charge < -0.3 is 19.9 Å². The zero-order chi connectivity index (χ0) is 17.5. The van der Waals surface area contributed by atoms with E-state index in [0.29, 0.717) is 13.1 Å². The van der Waals surface area contributed by atoms with Crippen LogP contribution < -0.4 is 15.4 Å². The van der Waals surface area contributed by atoms with Gasteiger partial charge in [0.05, 0.1) is 20.2 Å². The lowest BCUT2D eigenvalue weighted by Crippen LogP contribution is -2.37. The fraction of sp³-hybridized carbons (Fsp3) is 0.500. The molecule has 1 aliphatic rings. The standard InChI is InChI=1S/C18H26N6O/c1-3-19-18(20-12-14-8-4-5-9-15(14)25-2)21-13-17-23-22-16-10-6-7-11-24(16)17/h4-5,8-9H,3,6-7,10-13H2,1-2H3,(H2,19,20,21). The van der Waals surface area contributed by atoms with E-state index in [4.69, 9.17) is 4.74 Å². The Morgan fingerprint density at radius 3 is 2.96 bits per heavy atom. The van der Waals surface area contributed by atoms with Crippen molar-refractivity contribution in [2.75, 3.05) is 13.7 Å². The Balaban J connectivity index is 1.65. The van der Waals surface area contributed by atoms with Crippen molar-refractivity contribution < 1.29 is 4.74 Å². The predicted molar refractivity (Wildman–Crippen MR) is 97.6 cm³/mol. The monoisotopic (exact) mass is 342 g/mol. The molecular formula is C18H26N6O. The van der Waals surface area contributed by atoms with Crippen LogP contribution >= 0.6 is 0 Å². The average molecular weight is 342 g/mol. The Kier molecular flexibility index (Phi) is 5.87. The third kappa shape index (κ3) is 4.29. The average Bonchev–Trinajstić information content (AvgIpc) is 3.07. The van der Waals surface area contributed by atoms with Crippen molar-refractivity contribution in [2.45, 2.75) is 45.8 Å². The normalized spacial score (nSPS) is 14.1. The molecule has 3 rings (SSSR count). The molecule has 0 spiro atoms. The highest BCUT2D eigenvalue weighted by Crippen LogP contribution is 2.18. The van der Waals surface area contributed by atoms with Gasteiger partial charge in [0.15, 0.2) is 11.8 Å². The molecular weight excluding hydrogens is 316 g/mol. The third-order valence-electron chi connectivity index (χ3n) is 4.29. The van der Waals surface area contributed by atoms with Crippen molar-refractivity contribution in [3.63, 3.8) is 0 Å². The van der Waals surface area contributed by atoms with Gasteiger partial charge in [0.25, 0.3) is 0 Å². The topological polar surface area (TPSA) is 76.4 Å². The van der Waals surface area contributed by atoms with Crippen LogP contribution in [0.5, 0.6) is 5.75 Å². The molecule has 134 valence electrons. The molecule has 0 aliphatic carbocycles. The van der Waals surface area contributed by atoms with Gasteiger partial charge in [-0.05, 0) is 25.8 Å². The fourth-order valence-electron chi connectivity index (χ4n) is 3.00. The van der Waals surface area contributed by atoms with Crippen LogP contribution in [-0.2, 0) is 26.1 Å². The van der Waals surface area contributed by atoms with Gasteiger partial charge in [-0.3, -0.25) is 0 Å². The maximum Gasteiger partial charge on any atom is 0.191 e. The first kappa shape index (κ1) is 17.3. The van der Waals surface area contributed by atoms with Crippen LogP contribution in [0.2, 0.25) is 0 Å². The van der Waals surface area contributed by atoms with E-state index in [1.165, 1.54) is 12.8 Å². The molecule has 1 aromatic heterocycles. The van der Waals surface area contributed by atoms with Gasteiger partial charge in [-0.1, -0.05) is 18.2 Å². The molecule has 1 aromatic carbocycles. The van der Waals surface area contributed by atoms with Crippen molar-refractivity contribution in [3.8, 4) is 5.75 Å². The van der Waals surface area contributed by atoms with Gasteiger partial charge in [0, 0.05) is 25.1 Å². The molecule has 0 radical (unpaired) electrons. The summed E-state index contributed by atoms with van der Waals surface area (Å²) in [7, 11) is 1.68. The van der Waals surface area contributed by atoms with E-state index in [9.17, 15) is 0 Å². The zero-order valence-electron chi connectivity index (χ0n) is 15.0. The number of hydrogen-bond donors (Lipinski definition) is 2. The molecule has 0 saturated carbocycles. The third-order valence-corrected chi connectivity index (χ3v) is 4.29. The first-order valence-corrected chi connectivity index (χ1v) is 8.87. The highest BCUT2D eigenvalue weighted by atomic mass is 16.5. The second-order valence-electron chi connectivity index (χ2n) is 6.00. The summed E-state index contributed by atoms with van der Waals surface area (Å²) in [5.41, 5.74) is 1.06. The summed E-state index contributed by atoms with van der Waals surface area (Å²) >= 11 is 0. The summed E-state index contributed by atoms with van der Waals surface area (Å²) in [5.74, 6) is 3.69. The Bertz CT molecular complexity index is 724. The molecule has 2 N–H and O–H groups in total. The van der Waals surface area contributed by atoms with E-state index in [-0.39, 0.29) is 0 Å². The lowest BCUT2D eigenvalue weighted by atomic mass is 10.2. The largest absolute Gasteiger partial charge is 0.496 e. The molecule has 0 atom stereocenters. The number of fused-ring (bicyclic) bond motifs is 1. The lowest BCUT2D eigenvalue weighted by Gasteiger charge is -2.16. The summed E-state index contributed by atoms with van der Waals surface area (Å²) in [6.45, 7) is 5.03. The Labute approximate surface area is 148 Å². The fourth-order valence-corrected chi connectivity index (χ4v) is 3.00. The second kappa shape index (κ2) is 8.50. The molecule has 0 bridgehead atoms. The number of aliphatic imine (C=N–C) groups is 1. The molecule has 0 amide bonds. The van der Waals surface area contributed by atoms with E-state index >= 15 is 0 Å². The molecule has 7 nitrogen and oxygen atoms in total. The van der Waals surface area contributed by atoms with Gasteiger partial charge in [0.1, 0.15) is 11.6 Å². The minimum Gasteiger partial charge on any atom is -0.496 e. The summed E-state index contributed by atoms with van der Waals surface area (Å²) in [6, 6.07) is 7.94. The summed E-state index contributed by atoms with van der Waals surface area (Å²) in [4.78, 5) is 4.66. The van der Waals surface area contributed by atoms with Crippen LogP contribution in [-0.4, -0.2) is 34.4 Å². The van der Waals surface area contributed by atoms with Crippen molar-refractivity contribution in [2.24, 2.45) is 4.99 Å². The number of aryl methyl sites for hydroxylation is 1. The van der Waals surface area contributed by atoms with Gasteiger partial charge >= 0.3 is 0 Å². The van der Waals surface area contributed by atoms with Crippen molar-refractivity contribution >= 4 is 5.96 Å². The van der Waals surface area contributed by atoms with E-state index in [1.54, 1.807) is 7.11 Å². The number of methoxy groups -OCH3 is 1. The number of aromatic nitrogens is 3. The molecule has 0 unspecified atom stereocenters. The number of rotatable bonds is 6. The maximum absolute atomic E-state index is 5.39. The Morgan fingerprint density at radius 1 is 1.24 bits per heavy atom. The number of nitrogens with one attached hydrogen (secondary N) is 2. The van der Waals surface area contributed by atoms with E-state index in [1.807, 2.05) is 24.3 Å². The van der Waals surface area contributed by atoms with Crippen molar-refractivity contribution in [3.05, 3.63) is 41.5 Å². The van der Waals surface area contributed by atoms with Crippen LogP contribution in [0.15, 0.2) is 29.3 Å². The Morgan fingerprint density at radius 2 is 2.12 bits per heavy atom. The smallest absolute Gasteiger partial charge is 0.191 e. The van der Waals surface area contributed by atoms with E-state index in [2.05, 4.69) is 37.3 Å². The van der Waals surface area contributed by atoms with Gasteiger partial charge in [-0.25, -0.2) is 4.99 Å². The number of para-hydroxylation sites is 1. The number of nitrogens with zero attached hydrogens (tertiary/aromatic N) is 4. The minimum atomic E-state index is 0.553. The summed E-state index contributed by atoms with van der Waals surface area (Å²) in [5, 5.41) is 15.2. The first-order chi connectivity index (χ1) is 12.3. The second-order valence-corrected chi connectivity index (χ2v) is 6.00. The number of ether oxygens (including phenoxy) is 1. The van der Waals surface area contributed by atoms with Gasteiger partial charge in [-0.2, -0.15) is 0 Å². The zero-order valence-corrected chi connectivity index (χ0v) is 15.0. The van der Waals surface area contributed by atoms with Crippen LogP contribution in [0.4, 0.5) is 0 Å². The molecule has 0 fully saturated rings. The van der Waals surface area contributed by atoms with Gasteiger partial charge in [-0.15, -0.1) is 10.2 Å². The quantitative estimate of drug-likeness (QED) is 0.619. The number of benzene rings is 1. The highest BCUT2D eigenvalue weighted by molar-refractivity contribution is 5.79. The highest BCUT2D eigenvalue weighted by Gasteiger charge is 2.15. The molecule has 2 aromatic rings. The van der Waals surface area contributed by atoms with Crippen molar-refractivity contribution in [1.82, 2.24) is 25.4 Å². The molecule has 1 aliphatic heterocycles. The number of hydrogen-bond acceptors (Lipinski definition) is 4. The Hall–Kier alpha value is -2.57. The van der Waals surface area contributed by atoms with Crippen molar-refractivity contribution in [1.29, 1.82) is 0 Å². The molecule has 0 saturated heterocycles. The molecule has 25 heavy (non-hydrogen) atoms. The van der Waals surface area contributed by atoms with Crippen LogP contribution in [0.3, 0.4) is 0 Å². The van der Waals surface area contributed by atoms with Crippen LogP contribution in [0.1, 0.15) is 37.0 Å². The molecule has 7 heteroatoms. The van der Waals surface area contributed by atoms with Gasteiger partial charge in [0.2, 0.25) is 0 Å². The predicted octanol–water partition coefficient (Wildman–Crippen LogP) is 1.88. The SMILES string of the molecule is CCNC(=NCc1ccccc1OC)NCc1nnc2n1CCCC2. The maximum atomic E-state index is 5.39. The summed E-state index contributed by atoms with van der Waals surface area (Å²) < 4.78 is 7.61. The lowest BCUT2D eigenvalue weighted by molar-refractivity contribution is 0.410.